The first-order valence-electron chi connectivity index (χ1n) is 7.19. The Kier molecular flexibility index (Phi) is 6.45. The molecule has 5 nitrogen and oxygen atoms in total. The van der Waals surface area contributed by atoms with Gasteiger partial charge in [-0.05, 0) is 36.5 Å². The molecule has 1 aliphatic rings. The van der Waals surface area contributed by atoms with Crippen LogP contribution >= 0.6 is 23.5 Å². The number of hydrogen-bond acceptors (Lipinski definition) is 4. The highest BCUT2D eigenvalue weighted by molar-refractivity contribution is 7.99. The lowest BCUT2D eigenvalue weighted by Crippen LogP contribution is -2.49. The van der Waals surface area contributed by atoms with Crippen molar-refractivity contribution >= 4 is 35.5 Å². The predicted octanol–water partition coefficient (Wildman–Crippen LogP) is 2.13. The third-order valence-corrected chi connectivity index (χ3v) is 5.29. The molecule has 0 saturated heterocycles. The molecular formula is C15H21N3O2S2. The van der Waals surface area contributed by atoms with Crippen LogP contribution in [0.4, 0.5) is 4.79 Å². The smallest absolute Gasteiger partial charge is 0.312 e. The van der Waals surface area contributed by atoms with Crippen LogP contribution in [0.3, 0.4) is 0 Å². The van der Waals surface area contributed by atoms with Gasteiger partial charge in [-0.2, -0.15) is 11.8 Å². The maximum absolute atomic E-state index is 12.5. The number of nitrogens with two attached hydrogens (primary N) is 1. The summed E-state index contributed by atoms with van der Waals surface area (Å²) < 4.78 is 0. The summed E-state index contributed by atoms with van der Waals surface area (Å²) in [6, 6.07) is 6.86. The monoisotopic (exact) mass is 339 g/mol. The van der Waals surface area contributed by atoms with E-state index < -0.39 is 12.1 Å². The maximum atomic E-state index is 12.5. The van der Waals surface area contributed by atoms with Gasteiger partial charge in [-0.1, -0.05) is 18.2 Å². The number of rotatable bonds is 6. The van der Waals surface area contributed by atoms with Crippen LogP contribution in [-0.2, 0) is 4.79 Å². The van der Waals surface area contributed by atoms with Crippen LogP contribution in [0.25, 0.3) is 0 Å². The number of urea groups is 1. The third-order valence-electron chi connectivity index (χ3n) is 3.52. The first kappa shape index (κ1) is 17.0. The zero-order valence-electron chi connectivity index (χ0n) is 12.5. The minimum atomic E-state index is -0.666. The Morgan fingerprint density at radius 1 is 1.45 bits per heavy atom. The van der Waals surface area contributed by atoms with E-state index in [2.05, 4.69) is 16.7 Å². The summed E-state index contributed by atoms with van der Waals surface area (Å²) in [5.41, 5.74) is 6.32. The molecule has 0 aromatic heterocycles. The first-order valence-corrected chi connectivity index (χ1v) is 9.56. The molecular weight excluding hydrogens is 318 g/mol. The normalized spacial score (nSPS) is 18.1. The number of amides is 3. The van der Waals surface area contributed by atoms with Crippen molar-refractivity contribution in [2.24, 2.45) is 5.73 Å². The second-order valence-corrected chi connectivity index (χ2v) is 7.20. The highest BCUT2D eigenvalue weighted by Gasteiger charge is 2.26. The van der Waals surface area contributed by atoms with E-state index >= 15 is 0 Å². The number of primary amides is 1. The molecule has 1 aliphatic heterocycles. The topological polar surface area (TPSA) is 84.2 Å². The Hall–Kier alpha value is -1.34. The van der Waals surface area contributed by atoms with E-state index in [1.807, 2.05) is 36.2 Å². The van der Waals surface area contributed by atoms with E-state index in [4.69, 9.17) is 5.73 Å². The van der Waals surface area contributed by atoms with Gasteiger partial charge in [0.1, 0.15) is 6.04 Å². The molecule has 0 fully saturated rings. The van der Waals surface area contributed by atoms with Gasteiger partial charge in [-0.3, -0.25) is 4.79 Å². The summed E-state index contributed by atoms with van der Waals surface area (Å²) in [7, 11) is 0. The van der Waals surface area contributed by atoms with Crippen LogP contribution in [0.1, 0.15) is 24.4 Å². The molecule has 0 spiro atoms. The molecule has 0 unspecified atom stereocenters. The van der Waals surface area contributed by atoms with Crippen molar-refractivity contribution in [3.05, 3.63) is 29.8 Å². The lowest BCUT2D eigenvalue weighted by atomic mass is 10.0. The lowest BCUT2D eigenvalue weighted by Gasteiger charge is -2.27. The predicted molar refractivity (Wildman–Crippen MR) is 92.2 cm³/mol. The van der Waals surface area contributed by atoms with Crippen molar-refractivity contribution in [3.8, 4) is 0 Å². The highest BCUT2D eigenvalue weighted by atomic mass is 32.2. The number of benzene rings is 1. The Bertz CT molecular complexity index is 539. The molecule has 0 radical (unpaired) electrons. The number of thioether (sulfide) groups is 2. The molecule has 0 bridgehead atoms. The van der Waals surface area contributed by atoms with Gasteiger partial charge in [0, 0.05) is 10.6 Å². The number of nitrogens with one attached hydrogen (secondary N) is 2. The average Bonchev–Trinajstić information content (AvgIpc) is 2.51. The molecule has 0 aliphatic carbocycles. The summed E-state index contributed by atoms with van der Waals surface area (Å²) in [6.45, 7) is 0. The van der Waals surface area contributed by atoms with E-state index in [1.54, 1.807) is 11.8 Å². The SMILES string of the molecule is CSCC[C@H](NC(N)=O)C(=O)N[C@@H]1CCSc2ccccc21. The van der Waals surface area contributed by atoms with Crippen LogP contribution in [-0.4, -0.2) is 35.7 Å². The van der Waals surface area contributed by atoms with Crippen molar-refractivity contribution in [2.45, 2.75) is 29.8 Å². The van der Waals surface area contributed by atoms with Crippen LogP contribution in [0.2, 0.25) is 0 Å². The number of hydrogen-bond donors (Lipinski definition) is 3. The summed E-state index contributed by atoms with van der Waals surface area (Å²) >= 11 is 3.44. The van der Waals surface area contributed by atoms with Crippen LogP contribution in [0, 0.1) is 0 Å². The quantitative estimate of drug-likeness (QED) is 0.741. The Labute approximate surface area is 139 Å². The molecule has 3 amide bonds. The minimum absolute atomic E-state index is 0.00333. The van der Waals surface area contributed by atoms with Gasteiger partial charge < -0.3 is 16.4 Å². The van der Waals surface area contributed by atoms with E-state index in [0.29, 0.717) is 6.42 Å². The molecule has 0 saturated carbocycles. The molecule has 2 atom stereocenters. The third kappa shape index (κ3) is 4.58. The second kappa shape index (κ2) is 8.33. The van der Waals surface area contributed by atoms with Gasteiger partial charge in [-0.25, -0.2) is 4.79 Å². The number of fused-ring (bicyclic) bond motifs is 1. The van der Waals surface area contributed by atoms with Crippen LogP contribution in [0.15, 0.2) is 29.2 Å². The Balaban J connectivity index is 2.05. The summed E-state index contributed by atoms with van der Waals surface area (Å²) in [5, 5.41) is 5.59. The largest absolute Gasteiger partial charge is 0.352 e. The zero-order valence-corrected chi connectivity index (χ0v) is 14.1. The van der Waals surface area contributed by atoms with E-state index in [0.717, 1.165) is 23.5 Å². The lowest BCUT2D eigenvalue weighted by molar-refractivity contribution is -0.123. The van der Waals surface area contributed by atoms with E-state index in [-0.39, 0.29) is 11.9 Å². The number of carbonyl (C=O) groups is 2. The fraction of sp³-hybridized carbons (Fsp3) is 0.467. The second-order valence-electron chi connectivity index (χ2n) is 5.08. The average molecular weight is 339 g/mol. The molecule has 22 heavy (non-hydrogen) atoms. The van der Waals surface area contributed by atoms with Crippen molar-refractivity contribution < 1.29 is 9.59 Å². The van der Waals surface area contributed by atoms with Crippen molar-refractivity contribution in [1.82, 2.24) is 10.6 Å². The summed E-state index contributed by atoms with van der Waals surface area (Å²) in [5.74, 6) is 1.59. The molecule has 1 heterocycles. The first-order chi connectivity index (χ1) is 10.6. The van der Waals surface area contributed by atoms with Gasteiger partial charge >= 0.3 is 6.03 Å². The Morgan fingerprint density at radius 2 is 2.23 bits per heavy atom. The summed E-state index contributed by atoms with van der Waals surface area (Å²) in [4.78, 5) is 24.8. The standard InChI is InChI=1S/C15H21N3O2S2/c1-21-8-6-12(18-15(16)20)14(19)17-11-7-9-22-13-5-3-2-4-10(11)13/h2-5,11-12H,6-9H2,1H3,(H,17,19)(H3,16,18,20)/t11-,12+/m1/s1. The minimum Gasteiger partial charge on any atom is -0.352 e. The molecule has 2 rings (SSSR count). The fourth-order valence-electron chi connectivity index (χ4n) is 2.44. The maximum Gasteiger partial charge on any atom is 0.312 e. The van der Waals surface area contributed by atoms with Gasteiger partial charge in [-0.15, -0.1) is 11.8 Å². The van der Waals surface area contributed by atoms with E-state index in [1.165, 1.54) is 4.90 Å². The van der Waals surface area contributed by atoms with E-state index in [9.17, 15) is 9.59 Å². The van der Waals surface area contributed by atoms with Crippen molar-refractivity contribution in [2.75, 3.05) is 17.8 Å². The van der Waals surface area contributed by atoms with Crippen molar-refractivity contribution in [1.29, 1.82) is 0 Å². The van der Waals surface area contributed by atoms with Crippen LogP contribution in [0.5, 0.6) is 0 Å². The molecule has 7 heteroatoms. The zero-order chi connectivity index (χ0) is 15.9. The van der Waals surface area contributed by atoms with Gasteiger partial charge in [0.2, 0.25) is 5.91 Å². The van der Waals surface area contributed by atoms with Crippen LogP contribution < -0.4 is 16.4 Å². The van der Waals surface area contributed by atoms with Gasteiger partial charge in [0.15, 0.2) is 0 Å². The van der Waals surface area contributed by atoms with Crippen molar-refractivity contribution in [3.63, 3.8) is 0 Å². The number of carbonyl (C=O) groups excluding carboxylic acids is 2. The highest BCUT2D eigenvalue weighted by Crippen LogP contribution is 2.35. The molecule has 1 aromatic rings. The Morgan fingerprint density at radius 3 is 2.95 bits per heavy atom. The molecule has 1 aromatic carbocycles. The molecule has 120 valence electrons. The van der Waals surface area contributed by atoms with Gasteiger partial charge in [0.05, 0.1) is 6.04 Å². The summed E-state index contributed by atoms with van der Waals surface area (Å²) in [6.07, 6.45) is 3.42. The fourth-order valence-corrected chi connectivity index (χ4v) is 4.04. The van der Waals surface area contributed by atoms with Gasteiger partial charge in [0.25, 0.3) is 0 Å². The molecule has 4 N–H and O–H groups in total.